The monoisotopic (exact) mass is 510 g/mol. The third kappa shape index (κ3) is 8.12. The maximum Gasteiger partial charge on any atom is 0.189 e. The average molecular weight is 511 g/mol. The van der Waals surface area contributed by atoms with Crippen LogP contribution in [0.3, 0.4) is 0 Å². The predicted molar refractivity (Wildman–Crippen MR) is 143 cm³/mol. The zero-order valence-corrected chi connectivity index (χ0v) is 22.5. The first-order valence-corrected chi connectivity index (χ1v) is 11.5. The summed E-state index contributed by atoms with van der Waals surface area (Å²) in [6.07, 6.45) is 4.81. The fourth-order valence-electron chi connectivity index (χ4n) is 4.46. The molecule has 31 heavy (non-hydrogen) atoms. The Morgan fingerprint density at radius 3 is 2.61 bits per heavy atom. The highest BCUT2D eigenvalue weighted by molar-refractivity contribution is 7.98. The van der Waals surface area contributed by atoms with E-state index in [2.05, 4.69) is 30.9 Å². The molecule has 3 atom stereocenters. The number of carbonyl (C=O) groups excluding carboxylic acids is 1. The molecule has 0 spiro atoms. The Balaban J connectivity index is 0.00000300. The van der Waals surface area contributed by atoms with Gasteiger partial charge in [0.1, 0.15) is 6.61 Å². The van der Waals surface area contributed by atoms with Crippen molar-refractivity contribution in [2.75, 3.05) is 45.2 Å². The molecule has 0 bridgehead atoms. The lowest BCUT2D eigenvalue weighted by molar-refractivity contribution is -0.131. The summed E-state index contributed by atoms with van der Waals surface area (Å²) in [6, 6.07) is 4.97. The number of nitrogens with zero attached hydrogens (tertiary/aromatic N) is 1. The highest BCUT2D eigenvalue weighted by atomic mass is 32.2. The Hall–Kier alpha value is 0.1000. The zero-order chi connectivity index (χ0) is 20.1. The number of alkyl halides is 1. The minimum Gasteiger partial charge on any atom is -0.371 e. The number of carbonyl (C=O) groups is 1. The smallest absolute Gasteiger partial charge is 0.189 e. The molecular formula is C22H38FNO3S4. The van der Waals surface area contributed by atoms with Crippen LogP contribution >= 0.6 is 52.2 Å². The van der Waals surface area contributed by atoms with Crippen molar-refractivity contribution in [1.29, 1.82) is 0 Å². The number of halogens is 1. The number of aryl methyl sites for hydroxylation is 2. The Labute approximate surface area is 211 Å². The molecule has 9 heteroatoms. The van der Waals surface area contributed by atoms with Crippen LogP contribution < -0.4 is 0 Å². The molecule has 2 heterocycles. The number of thioether (sulfide) groups is 1. The third-order valence-corrected chi connectivity index (χ3v) is 6.52. The summed E-state index contributed by atoms with van der Waals surface area (Å²) < 4.78 is 24.2. The van der Waals surface area contributed by atoms with Gasteiger partial charge in [-0.2, -0.15) is 40.5 Å². The van der Waals surface area contributed by atoms with Gasteiger partial charge < -0.3 is 9.47 Å². The minimum atomic E-state index is -0.953. The second kappa shape index (κ2) is 15.1. The van der Waals surface area contributed by atoms with Crippen molar-refractivity contribution in [2.45, 2.75) is 45.3 Å². The number of Topliss-reactive ketones (excluding diaryl/α,β-unsaturated/α-hetero) is 1. The summed E-state index contributed by atoms with van der Waals surface area (Å²) in [4.78, 5) is 14.0. The number of piperidine rings is 1. The fourth-order valence-corrected chi connectivity index (χ4v) is 4.75. The average Bonchev–Trinajstić information content (AvgIpc) is 2.70. The summed E-state index contributed by atoms with van der Waals surface area (Å²) in [5.41, 5.74) is 5.49. The lowest BCUT2D eigenvalue weighted by Crippen LogP contribution is -2.49. The molecule has 0 aromatic heterocycles. The molecule has 3 rings (SSSR count). The van der Waals surface area contributed by atoms with Crippen LogP contribution in [0, 0.1) is 19.8 Å². The van der Waals surface area contributed by atoms with Gasteiger partial charge in [-0.1, -0.05) is 12.1 Å². The van der Waals surface area contributed by atoms with Gasteiger partial charge in [-0.15, -0.1) is 11.8 Å². The largest absolute Gasteiger partial charge is 0.371 e. The second-order valence-corrected chi connectivity index (χ2v) is 8.83. The molecule has 4 nitrogen and oxygen atoms in total. The molecule has 0 unspecified atom stereocenters. The van der Waals surface area contributed by atoms with Crippen LogP contribution in [0.2, 0.25) is 0 Å². The molecule has 1 aromatic rings. The zero-order valence-electron chi connectivity index (χ0n) is 18.7. The standard InChI is InChI=1S/C22H32FNO3S.3H2S/c1-15-8-17-4-6-24-12-18(5-7-26-14-28-3)22(27-13-19(25)11-23)10-21(24)20(17)9-16(15)2;;;/h8-9,18,21-22H,4-7,10-14H2,1-3H3;3*1H2/t18-,21-,22-;;;/m0.../s1/i23-1;;;. The van der Waals surface area contributed by atoms with Crippen molar-refractivity contribution < 1.29 is 18.7 Å². The number of benzene rings is 1. The van der Waals surface area contributed by atoms with Gasteiger partial charge in [-0.3, -0.25) is 9.69 Å². The molecule has 0 amide bonds. The fraction of sp³-hybridized carbons (Fsp3) is 0.682. The molecule has 2 aliphatic heterocycles. The van der Waals surface area contributed by atoms with Crippen LogP contribution in [0.4, 0.5) is 4.39 Å². The van der Waals surface area contributed by atoms with E-state index in [0.29, 0.717) is 24.5 Å². The molecule has 1 aromatic carbocycles. The van der Waals surface area contributed by atoms with E-state index in [1.54, 1.807) is 11.8 Å². The van der Waals surface area contributed by atoms with Crippen molar-refractivity contribution in [3.8, 4) is 0 Å². The molecular weight excluding hydrogens is 473 g/mol. The normalized spacial score (nSPS) is 22.3. The molecule has 0 saturated carbocycles. The Morgan fingerprint density at radius 1 is 1.23 bits per heavy atom. The van der Waals surface area contributed by atoms with E-state index in [0.717, 1.165) is 32.4 Å². The summed E-state index contributed by atoms with van der Waals surface area (Å²) in [7, 11) is 0. The minimum absolute atomic E-state index is 0. The van der Waals surface area contributed by atoms with Gasteiger partial charge in [0, 0.05) is 31.7 Å². The van der Waals surface area contributed by atoms with Gasteiger partial charge >= 0.3 is 0 Å². The van der Waals surface area contributed by atoms with Crippen LogP contribution in [0.25, 0.3) is 0 Å². The summed E-state index contributed by atoms with van der Waals surface area (Å²) in [6.45, 7) is 5.93. The lowest BCUT2D eigenvalue weighted by atomic mass is 9.79. The van der Waals surface area contributed by atoms with Crippen LogP contribution in [0.15, 0.2) is 12.1 Å². The first kappa shape index (κ1) is 31.1. The number of ether oxygens (including phenoxy) is 2. The Morgan fingerprint density at radius 2 is 1.94 bits per heavy atom. The molecule has 0 radical (unpaired) electrons. The van der Waals surface area contributed by atoms with Crippen LogP contribution in [0.5, 0.6) is 0 Å². The van der Waals surface area contributed by atoms with E-state index in [1.807, 2.05) is 6.26 Å². The number of hydrogen-bond donors (Lipinski definition) is 0. The number of ketones is 1. The number of fused-ring (bicyclic) bond motifs is 3. The summed E-state index contributed by atoms with van der Waals surface area (Å²) in [5, 5.41) is 0. The van der Waals surface area contributed by atoms with Crippen LogP contribution in [-0.4, -0.2) is 62.0 Å². The predicted octanol–water partition coefficient (Wildman–Crippen LogP) is 4.21. The van der Waals surface area contributed by atoms with Crippen molar-refractivity contribution in [1.82, 2.24) is 4.90 Å². The van der Waals surface area contributed by atoms with Crippen LogP contribution in [0.1, 0.15) is 41.1 Å². The SMILES string of the molecule is CSCOCC[C@H]1CN2CCc3cc(C)c(C)cc3[C@@H]2C[C@@H]1OCC(=O)C[18F].S.S.S. The first-order valence-electron chi connectivity index (χ1n) is 10.1. The van der Waals surface area contributed by atoms with Gasteiger partial charge in [0.2, 0.25) is 0 Å². The highest BCUT2D eigenvalue weighted by Crippen LogP contribution is 2.41. The number of hydrogen-bond acceptors (Lipinski definition) is 5. The van der Waals surface area contributed by atoms with E-state index in [9.17, 15) is 9.18 Å². The van der Waals surface area contributed by atoms with E-state index < -0.39 is 12.5 Å². The van der Waals surface area contributed by atoms with E-state index in [-0.39, 0.29) is 53.2 Å². The molecule has 0 aliphatic carbocycles. The van der Waals surface area contributed by atoms with Crippen molar-refractivity contribution in [2.24, 2.45) is 5.92 Å². The lowest BCUT2D eigenvalue weighted by Gasteiger charge is -2.47. The van der Waals surface area contributed by atoms with Crippen molar-refractivity contribution >= 4 is 58.0 Å². The Bertz CT molecular complexity index is 695. The molecule has 1 saturated heterocycles. The van der Waals surface area contributed by atoms with Gasteiger partial charge in [-0.25, -0.2) is 4.39 Å². The van der Waals surface area contributed by atoms with Gasteiger partial charge in [-0.05, 0) is 61.6 Å². The summed E-state index contributed by atoms with van der Waals surface area (Å²) in [5.74, 6) is 0.519. The van der Waals surface area contributed by atoms with Crippen molar-refractivity contribution in [3.63, 3.8) is 0 Å². The first-order chi connectivity index (χ1) is 13.5. The topological polar surface area (TPSA) is 38.8 Å². The molecule has 1 fully saturated rings. The van der Waals surface area contributed by atoms with Gasteiger partial charge in [0.15, 0.2) is 12.5 Å². The maximum absolute atomic E-state index is 12.6. The highest BCUT2D eigenvalue weighted by Gasteiger charge is 2.39. The second-order valence-electron chi connectivity index (χ2n) is 8.02. The number of rotatable bonds is 9. The maximum atomic E-state index is 12.6. The van der Waals surface area contributed by atoms with E-state index in [4.69, 9.17) is 9.47 Å². The quantitative estimate of drug-likeness (QED) is 0.368. The molecule has 0 N–H and O–H groups in total. The third-order valence-electron chi connectivity index (χ3n) is 6.12. The molecule has 180 valence electrons. The van der Waals surface area contributed by atoms with Crippen molar-refractivity contribution in [3.05, 3.63) is 34.4 Å². The molecule has 2 aliphatic rings. The van der Waals surface area contributed by atoms with E-state index >= 15 is 0 Å². The van der Waals surface area contributed by atoms with Gasteiger partial charge in [0.05, 0.1) is 12.0 Å². The van der Waals surface area contributed by atoms with Gasteiger partial charge in [0.25, 0.3) is 0 Å². The Kier molecular flexibility index (Phi) is 15.1. The van der Waals surface area contributed by atoms with Crippen LogP contribution in [-0.2, 0) is 20.7 Å². The van der Waals surface area contributed by atoms with E-state index in [1.165, 1.54) is 22.3 Å². The summed E-state index contributed by atoms with van der Waals surface area (Å²) >= 11 is 1.67.